The van der Waals surface area contributed by atoms with Crippen LogP contribution in [0.4, 0.5) is 0 Å². The van der Waals surface area contributed by atoms with Gasteiger partial charge in [-0.2, -0.15) is 0 Å². The molecule has 0 aliphatic rings. The summed E-state index contributed by atoms with van der Waals surface area (Å²) in [5.41, 5.74) is 2.24. The lowest BCUT2D eigenvalue weighted by Gasteiger charge is -1.97. The minimum atomic E-state index is -0.908. The summed E-state index contributed by atoms with van der Waals surface area (Å²) in [5, 5.41) is 8.90. The van der Waals surface area contributed by atoms with Crippen molar-refractivity contribution in [1.29, 1.82) is 0 Å². The van der Waals surface area contributed by atoms with Crippen molar-refractivity contribution in [3.63, 3.8) is 0 Å². The number of rotatable bonds is 3. The molecule has 0 heterocycles. The molecule has 3 heteroatoms. The highest BCUT2D eigenvalue weighted by atomic mass is 79.9. The van der Waals surface area contributed by atoms with Crippen LogP contribution in [0.3, 0.4) is 0 Å². The summed E-state index contributed by atoms with van der Waals surface area (Å²) in [6.07, 6.45) is 3.85. The highest BCUT2D eigenvalue weighted by Crippen LogP contribution is 2.14. The number of hydrogen-bond donors (Lipinski definition) is 1. The van der Waals surface area contributed by atoms with Crippen LogP contribution in [0.15, 0.2) is 53.0 Å². The fourth-order valence-electron chi connectivity index (χ4n) is 1.54. The fraction of sp³-hybridized carbons (Fsp3) is 0. The molecule has 0 aliphatic carbocycles. The Morgan fingerprint density at radius 1 is 1.00 bits per heavy atom. The molecule has 0 aliphatic heterocycles. The summed E-state index contributed by atoms with van der Waals surface area (Å²) in [6.45, 7) is 0. The van der Waals surface area contributed by atoms with Crippen LogP contribution in [0.5, 0.6) is 0 Å². The zero-order chi connectivity index (χ0) is 13.0. The molecule has 0 radical (unpaired) electrons. The van der Waals surface area contributed by atoms with Gasteiger partial charge in [0.2, 0.25) is 0 Å². The van der Waals surface area contributed by atoms with E-state index in [0.29, 0.717) is 5.56 Å². The van der Waals surface area contributed by atoms with E-state index in [9.17, 15) is 4.79 Å². The molecule has 0 saturated carbocycles. The highest BCUT2D eigenvalue weighted by Gasteiger charge is 2.00. The van der Waals surface area contributed by atoms with E-state index in [-0.39, 0.29) is 0 Å². The Balaban J connectivity index is 2.20. The van der Waals surface area contributed by atoms with E-state index in [2.05, 4.69) is 15.9 Å². The summed E-state index contributed by atoms with van der Waals surface area (Å²) >= 11 is 3.38. The van der Waals surface area contributed by atoms with Crippen LogP contribution >= 0.6 is 15.9 Å². The van der Waals surface area contributed by atoms with E-state index in [4.69, 9.17) is 5.11 Å². The van der Waals surface area contributed by atoms with Crippen molar-refractivity contribution in [2.75, 3.05) is 0 Å². The van der Waals surface area contributed by atoms with Crippen LogP contribution in [0.2, 0.25) is 0 Å². The van der Waals surface area contributed by atoms with Crippen molar-refractivity contribution >= 4 is 34.1 Å². The van der Waals surface area contributed by atoms with E-state index in [1.807, 2.05) is 42.5 Å². The molecule has 0 spiro atoms. The molecule has 0 amide bonds. The minimum absolute atomic E-state index is 0.299. The molecule has 0 fully saturated rings. The Morgan fingerprint density at radius 3 is 2.33 bits per heavy atom. The van der Waals surface area contributed by atoms with Crippen LogP contribution < -0.4 is 0 Å². The standard InChI is InChI=1S/C15H11BrO2/c16-14-8-6-11(7-9-14)4-5-12-2-1-3-13(10-12)15(17)18/h1-10H,(H,17,18). The van der Waals surface area contributed by atoms with Gasteiger partial charge in [0.25, 0.3) is 0 Å². The largest absolute Gasteiger partial charge is 0.478 e. The van der Waals surface area contributed by atoms with Gasteiger partial charge in [0.05, 0.1) is 5.56 Å². The Morgan fingerprint density at radius 2 is 1.67 bits per heavy atom. The van der Waals surface area contributed by atoms with Gasteiger partial charge in [-0.25, -0.2) is 4.79 Å². The van der Waals surface area contributed by atoms with Gasteiger partial charge in [-0.1, -0.05) is 52.3 Å². The second kappa shape index (κ2) is 5.65. The molecule has 2 rings (SSSR count). The number of halogens is 1. The first-order valence-corrected chi connectivity index (χ1v) is 6.21. The summed E-state index contributed by atoms with van der Waals surface area (Å²) in [6, 6.07) is 14.8. The molecule has 90 valence electrons. The van der Waals surface area contributed by atoms with E-state index in [1.54, 1.807) is 18.2 Å². The summed E-state index contributed by atoms with van der Waals surface area (Å²) < 4.78 is 1.03. The first-order chi connectivity index (χ1) is 8.65. The maximum Gasteiger partial charge on any atom is 0.335 e. The van der Waals surface area contributed by atoms with Crippen molar-refractivity contribution in [2.45, 2.75) is 0 Å². The van der Waals surface area contributed by atoms with Gasteiger partial charge in [-0.05, 0) is 35.4 Å². The molecule has 0 saturated heterocycles. The van der Waals surface area contributed by atoms with Crippen LogP contribution in [0.25, 0.3) is 12.2 Å². The Labute approximate surface area is 114 Å². The van der Waals surface area contributed by atoms with Gasteiger partial charge in [0.15, 0.2) is 0 Å². The van der Waals surface area contributed by atoms with Gasteiger partial charge >= 0.3 is 5.97 Å². The van der Waals surface area contributed by atoms with Gasteiger partial charge < -0.3 is 5.11 Å². The number of hydrogen-bond acceptors (Lipinski definition) is 1. The lowest BCUT2D eigenvalue weighted by atomic mass is 10.1. The molecule has 2 nitrogen and oxygen atoms in total. The normalized spacial score (nSPS) is 10.7. The molecule has 0 bridgehead atoms. The first-order valence-electron chi connectivity index (χ1n) is 5.42. The van der Waals surface area contributed by atoms with Crippen LogP contribution in [-0.4, -0.2) is 11.1 Å². The summed E-state index contributed by atoms with van der Waals surface area (Å²) in [5.74, 6) is -0.908. The lowest BCUT2D eigenvalue weighted by molar-refractivity contribution is 0.0697. The molecule has 2 aromatic rings. The monoisotopic (exact) mass is 302 g/mol. The van der Waals surface area contributed by atoms with Crippen molar-refractivity contribution < 1.29 is 9.90 Å². The van der Waals surface area contributed by atoms with Gasteiger partial charge in [-0.15, -0.1) is 0 Å². The van der Waals surface area contributed by atoms with Gasteiger partial charge in [-0.3, -0.25) is 0 Å². The van der Waals surface area contributed by atoms with E-state index in [0.717, 1.165) is 15.6 Å². The average molecular weight is 303 g/mol. The zero-order valence-electron chi connectivity index (χ0n) is 9.51. The Kier molecular flexibility index (Phi) is 3.95. The molecule has 1 N–H and O–H groups in total. The molecule has 0 unspecified atom stereocenters. The second-order valence-corrected chi connectivity index (χ2v) is 4.73. The van der Waals surface area contributed by atoms with Crippen molar-refractivity contribution in [1.82, 2.24) is 0 Å². The molecular weight excluding hydrogens is 292 g/mol. The SMILES string of the molecule is O=C(O)c1cccc(C=Cc2ccc(Br)cc2)c1. The first kappa shape index (κ1) is 12.6. The third-order valence-corrected chi connectivity index (χ3v) is 3.00. The molecular formula is C15H11BrO2. The predicted molar refractivity (Wildman–Crippen MR) is 76.5 cm³/mol. The van der Waals surface area contributed by atoms with Crippen molar-refractivity contribution in [2.24, 2.45) is 0 Å². The number of carboxylic acid groups (broad SMARTS) is 1. The quantitative estimate of drug-likeness (QED) is 0.858. The predicted octanol–water partition coefficient (Wildman–Crippen LogP) is 4.32. The van der Waals surface area contributed by atoms with Crippen LogP contribution in [0, 0.1) is 0 Å². The smallest absolute Gasteiger partial charge is 0.335 e. The average Bonchev–Trinajstić information content (AvgIpc) is 2.38. The molecule has 0 aromatic heterocycles. The summed E-state index contributed by atoms with van der Waals surface area (Å²) in [7, 11) is 0. The third kappa shape index (κ3) is 3.31. The number of benzene rings is 2. The maximum atomic E-state index is 10.8. The maximum absolute atomic E-state index is 10.8. The van der Waals surface area contributed by atoms with E-state index < -0.39 is 5.97 Å². The molecule has 2 aromatic carbocycles. The highest BCUT2D eigenvalue weighted by molar-refractivity contribution is 9.10. The molecule has 18 heavy (non-hydrogen) atoms. The third-order valence-electron chi connectivity index (χ3n) is 2.47. The second-order valence-electron chi connectivity index (χ2n) is 3.82. The number of carbonyl (C=O) groups is 1. The minimum Gasteiger partial charge on any atom is -0.478 e. The number of carboxylic acids is 1. The van der Waals surface area contributed by atoms with E-state index in [1.165, 1.54) is 0 Å². The van der Waals surface area contributed by atoms with Crippen LogP contribution in [0.1, 0.15) is 21.5 Å². The Hall–Kier alpha value is -1.87. The summed E-state index contributed by atoms with van der Waals surface area (Å²) in [4.78, 5) is 10.8. The van der Waals surface area contributed by atoms with Gasteiger partial charge in [0.1, 0.15) is 0 Å². The lowest BCUT2D eigenvalue weighted by Crippen LogP contribution is -1.95. The number of aromatic carboxylic acids is 1. The van der Waals surface area contributed by atoms with E-state index >= 15 is 0 Å². The van der Waals surface area contributed by atoms with Gasteiger partial charge in [0, 0.05) is 4.47 Å². The zero-order valence-corrected chi connectivity index (χ0v) is 11.1. The Bertz CT molecular complexity index is 586. The van der Waals surface area contributed by atoms with Crippen molar-refractivity contribution in [3.05, 3.63) is 69.7 Å². The van der Waals surface area contributed by atoms with Crippen molar-refractivity contribution in [3.8, 4) is 0 Å². The van der Waals surface area contributed by atoms with Crippen LogP contribution in [-0.2, 0) is 0 Å². The molecule has 0 atom stereocenters. The fourth-order valence-corrected chi connectivity index (χ4v) is 1.81. The topological polar surface area (TPSA) is 37.3 Å².